The second-order valence-corrected chi connectivity index (χ2v) is 11.5. The van der Waals surface area contributed by atoms with Gasteiger partial charge in [0, 0.05) is 25.7 Å². The molecular weight excluding hydrogens is 438 g/mol. The predicted molar refractivity (Wildman–Crippen MR) is 141 cm³/mol. The van der Waals surface area contributed by atoms with E-state index in [1.165, 1.54) is 36.8 Å². The lowest BCUT2D eigenvalue weighted by Crippen LogP contribution is -2.58. The minimum absolute atomic E-state index is 0.0577. The molecule has 0 radical (unpaired) electrons. The largest absolute Gasteiger partial charge is 0.491 e. The summed E-state index contributed by atoms with van der Waals surface area (Å²) in [6.07, 6.45) is 7.09. The zero-order chi connectivity index (χ0) is 25.2. The third-order valence-corrected chi connectivity index (χ3v) is 8.57. The molecule has 1 saturated heterocycles. The molecule has 35 heavy (non-hydrogen) atoms. The van der Waals surface area contributed by atoms with E-state index in [0.29, 0.717) is 25.7 Å². The van der Waals surface area contributed by atoms with E-state index in [1.807, 2.05) is 24.8 Å². The molecule has 1 saturated carbocycles. The number of ether oxygens (including phenoxy) is 1. The second kappa shape index (κ2) is 10.8. The van der Waals surface area contributed by atoms with E-state index in [2.05, 4.69) is 36.2 Å². The van der Waals surface area contributed by atoms with Crippen LogP contribution in [-0.2, 0) is 16.8 Å². The van der Waals surface area contributed by atoms with E-state index in [-0.39, 0.29) is 18.0 Å². The number of guanidine groups is 1. The topological polar surface area (TPSA) is 94.7 Å². The average molecular weight is 484 g/mol. The van der Waals surface area contributed by atoms with Gasteiger partial charge < -0.3 is 25.6 Å². The van der Waals surface area contributed by atoms with Crippen molar-refractivity contribution in [2.75, 3.05) is 26.2 Å². The summed E-state index contributed by atoms with van der Waals surface area (Å²) in [4.78, 5) is 18.6. The van der Waals surface area contributed by atoms with Crippen LogP contribution in [0, 0.1) is 17.2 Å². The average Bonchev–Trinajstić information content (AvgIpc) is 2.82. The first-order valence-electron chi connectivity index (χ1n) is 13.6. The molecule has 0 atom stereocenters. The van der Waals surface area contributed by atoms with Crippen molar-refractivity contribution >= 4 is 11.9 Å². The lowest BCUT2D eigenvalue weighted by Gasteiger charge is -2.49. The Hall–Kier alpha value is -2.28. The van der Waals surface area contributed by atoms with Crippen LogP contribution in [0.4, 0.5) is 0 Å². The van der Waals surface area contributed by atoms with Crippen LogP contribution in [0.2, 0.25) is 0 Å². The van der Waals surface area contributed by atoms with Crippen LogP contribution in [0.3, 0.4) is 0 Å². The summed E-state index contributed by atoms with van der Waals surface area (Å²) in [7, 11) is 0. The van der Waals surface area contributed by atoms with Crippen LogP contribution in [-0.4, -0.2) is 60.0 Å². The minimum atomic E-state index is -0.466. The quantitative estimate of drug-likeness (QED) is 0.405. The molecule has 0 unspecified atom stereocenters. The van der Waals surface area contributed by atoms with Crippen molar-refractivity contribution in [2.24, 2.45) is 17.6 Å². The van der Waals surface area contributed by atoms with Gasteiger partial charge in [-0.05, 0) is 101 Å². The first kappa shape index (κ1) is 25.8. The molecule has 2 fully saturated rings. The van der Waals surface area contributed by atoms with Gasteiger partial charge in [-0.1, -0.05) is 19.9 Å². The number of piperidine rings is 1. The third kappa shape index (κ3) is 5.60. The van der Waals surface area contributed by atoms with E-state index in [4.69, 9.17) is 15.9 Å². The number of hydrogen-bond donors (Lipinski definition) is 3. The standard InChI is InChI=1S/C28H45N5O2/c1-19(2)21-5-7-23(8-6-21)32-14-11-28(12-15-32)25-10-9-24(35-20(3)4)17-22(25)18-33(26(28)34)16-13-31-27(29)30/h9-10,17,19-21,23H,5-8,11-16,18H2,1-4H3,(H4,29,30,31)/t21-,23+. The van der Waals surface area contributed by atoms with Crippen molar-refractivity contribution < 1.29 is 9.53 Å². The maximum atomic E-state index is 14.0. The maximum absolute atomic E-state index is 14.0. The summed E-state index contributed by atoms with van der Waals surface area (Å²) >= 11 is 0. The van der Waals surface area contributed by atoms with Crippen LogP contribution >= 0.6 is 0 Å². The first-order valence-corrected chi connectivity index (χ1v) is 13.6. The van der Waals surface area contributed by atoms with Crippen LogP contribution < -0.4 is 15.8 Å². The number of nitrogens with one attached hydrogen (secondary N) is 2. The zero-order valence-electron chi connectivity index (χ0n) is 22.1. The Morgan fingerprint density at radius 2 is 1.86 bits per heavy atom. The van der Waals surface area contributed by atoms with Gasteiger partial charge in [0.1, 0.15) is 5.75 Å². The lowest BCUT2D eigenvalue weighted by molar-refractivity contribution is -0.142. The highest BCUT2D eigenvalue weighted by molar-refractivity contribution is 5.90. The number of carbonyl (C=O) groups is 1. The molecule has 194 valence electrons. The number of benzene rings is 1. The van der Waals surface area contributed by atoms with E-state index in [1.54, 1.807) is 0 Å². The Balaban J connectivity index is 1.52. The molecule has 1 aromatic rings. The van der Waals surface area contributed by atoms with E-state index in [0.717, 1.165) is 43.5 Å². The summed E-state index contributed by atoms with van der Waals surface area (Å²) in [6.45, 7) is 12.3. The number of likely N-dealkylation sites (tertiary alicyclic amines) is 1. The number of nitrogens with zero attached hydrogens (tertiary/aromatic N) is 2. The number of hydrogen-bond acceptors (Lipinski definition) is 4. The third-order valence-electron chi connectivity index (χ3n) is 8.57. The van der Waals surface area contributed by atoms with E-state index >= 15 is 0 Å². The molecule has 2 heterocycles. The van der Waals surface area contributed by atoms with Gasteiger partial charge in [0.25, 0.3) is 0 Å². The Bertz CT molecular complexity index is 899. The van der Waals surface area contributed by atoms with Gasteiger partial charge in [-0.15, -0.1) is 0 Å². The molecule has 7 heteroatoms. The fraction of sp³-hybridized carbons (Fsp3) is 0.714. The second-order valence-electron chi connectivity index (χ2n) is 11.5. The Morgan fingerprint density at radius 3 is 2.46 bits per heavy atom. The molecule has 1 aliphatic carbocycles. The van der Waals surface area contributed by atoms with Crippen molar-refractivity contribution in [3.63, 3.8) is 0 Å². The van der Waals surface area contributed by atoms with Gasteiger partial charge in [-0.25, -0.2) is 0 Å². The van der Waals surface area contributed by atoms with Crippen molar-refractivity contribution in [1.82, 2.24) is 15.1 Å². The van der Waals surface area contributed by atoms with Crippen molar-refractivity contribution in [2.45, 2.75) is 90.3 Å². The molecule has 7 nitrogen and oxygen atoms in total. The van der Waals surface area contributed by atoms with Gasteiger partial charge >= 0.3 is 0 Å². The minimum Gasteiger partial charge on any atom is -0.491 e. The summed E-state index contributed by atoms with van der Waals surface area (Å²) in [5.41, 5.74) is 7.40. The van der Waals surface area contributed by atoms with Crippen LogP contribution in [0.5, 0.6) is 5.75 Å². The fourth-order valence-corrected chi connectivity index (χ4v) is 6.60. The first-order chi connectivity index (χ1) is 16.7. The predicted octanol–water partition coefficient (Wildman–Crippen LogP) is 3.85. The molecule has 0 aromatic heterocycles. The molecule has 1 spiro atoms. The van der Waals surface area contributed by atoms with Crippen LogP contribution in [0.1, 0.15) is 77.3 Å². The molecule has 1 aromatic carbocycles. The molecule has 4 rings (SSSR count). The monoisotopic (exact) mass is 483 g/mol. The van der Waals surface area contributed by atoms with Gasteiger partial charge in [0.15, 0.2) is 5.96 Å². The number of carbonyl (C=O) groups excluding carboxylic acids is 1. The van der Waals surface area contributed by atoms with E-state index in [9.17, 15) is 4.79 Å². The highest BCUT2D eigenvalue weighted by Crippen LogP contribution is 2.45. The Labute approximate surface area is 211 Å². The Kier molecular flexibility index (Phi) is 7.94. The van der Waals surface area contributed by atoms with Crippen LogP contribution in [0.25, 0.3) is 0 Å². The molecule has 2 aliphatic heterocycles. The maximum Gasteiger partial charge on any atom is 0.233 e. The van der Waals surface area contributed by atoms with Gasteiger partial charge in [0.2, 0.25) is 5.91 Å². The molecule has 4 N–H and O–H groups in total. The van der Waals surface area contributed by atoms with Crippen molar-refractivity contribution in [3.8, 4) is 5.75 Å². The number of fused-ring (bicyclic) bond motifs is 2. The molecule has 3 aliphatic rings. The van der Waals surface area contributed by atoms with E-state index < -0.39 is 5.41 Å². The van der Waals surface area contributed by atoms with Gasteiger partial charge in [-0.2, -0.15) is 0 Å². The summed E-state index contributed by atoms with van der Waals surface area (Å²) in [6, 6.07) is 6.99. The normalized spacial score (nSPS) is 24.6. The molecule has 1 amide bonds. The van der Waals surface area contributed by atoms with Crippen LogP contribution in [0.15, 0.2) is 18.2 Å². The smallest absolute Gasteiger partial charge is 0.233 e. The zero-order valence-corrected chi connectivity index (χ0v) is 22.1. The van der Waals surface area contributed by atoms with Gasteiger partial charge in [0.05, 0.1) is 11.5 Å². The SMILES string of the molecule is CC(C)Oc1ccc2c(c1)CN(CCNC(=N)N)C(=O)C21CCN([C@H]2CC[C@@H](C(C)C)CC2)CC1. The fourth-order valence-electron chi connectivity index (χ4n) is 6.60. The highest BCUT2D eigenvalue weighted by atomic mass is 16.5. The summed E-state index contributed by atoms with van der Waals surface area (Å²) in [5.74, 6) is 2.69. The Morgan fingerprint density at radius 1 is 1.17 bits per heavy atom. The summed E-state index contributed by atoms with van der Waals surface area (Å²) < 4.78 is 5.98. The lowest BCUT2D eigenvalue weighted by atomic mass is 9.67. The molecular formula is C28H45N5O2. The molecule has 0 bridgehead atoms. The van der Waals surface area contributed by atoms with Gasteiger partial charge in [-0.3, -0.25) is 10.2 Å². The number of rotatable bonds is 7. The highest BCUT2D eigenvalue weighted by Gasteiger charge is 2.49. The van der Waals surface area contributed by atoms with Crippen molar-refractivity contribution in [1.29, 1.82) is 5.41 Å². The number of nitrogens with two attached hydrogens (primary N) is 1. The van der Waals surface area contributed by atoms with Crippen molar-refractivity contribution in [3.05, 3.63) is 29.3 Å². The number of amides is 1. The summed E-state index contributed by atoms with van der Waals surface area (Å²) in [5, 5.41) is 10.3.